The minimum Gasteiger partial charge on any atom is -0.508 e. The predicted octanol–water partition coefficient (Wildman–Crippen LogP) is 2.57. The Balaban J connectivity index is 1.88. The van der Waals surface area contributed by atoms with Crippen LogP contribution in [-0.4, -0.2) is 24.3 Å². The van der Waals surface area contributed by atoms with Crippen molar-refractivity contribution >= 4 is 11.6 Å². The number of nitrogens with one attached hydrogen (secondary N) is 1. The molecule has 0 aromatic heterocycles. The van der Waals surface area contributed by atoms with Crippen LogP contribution in [0.3, 0.4) is 0 Å². The van der Waals surface area contributed by atoms with Crippen LogP contribution in [0.5, 0.6) is 11.5 Å². The van der Waals surface area contributed by atoms with Crippen molar-refractivity contribution in [3.63, 3.8) is 0 Å². The van der Waals surface area contributed by atoms with Crippen LogP contribution < -0.4 is 10.1 Å². The summed E-state index contributed by atoms with van der Waals surface area (Å²) in [6, 6.07) is 5.18. The van der Waals surface area contributed by atoms with Gasteiger partial charge in [-0.05, 0) is 31.5 Å². The number of phenols is 1. The highest BCUT2D eigenvalue weighted by atomic mass is 35.5. The first kappa shape index (κ1) is 11.6. The molecule has 0 aliphatic carbocycles. The van der Waals surface area contributed by atoms with Crippen molar-refractivity contribution in [1.82, 2.24) is 5.32 Å². The molecule has 16 heavy (non-hydrogen) atoms. The van der Waals surface area contributed by atoms with Crippen LogP contribution in [0.1, 0.15) is 19.3 Å². The fraction of sp³-hybridized carbons (Fsp3) is 0.500. The van der Waals surface area contributed by atoms with Gasteiger partial charge in [-0.3, -0.25) is 0 Å². The first-order valence-corrected chi connectivity index (χ1v) is 5.98. The summed E-state index contributed by atoms with van der Waals surface area (Å²) in [4.78, 5) is 0. The zero-order valence-electron chi connectivity index (χ0n) is 9.08. The Labute approximate surface area is 100 Å². The summed E-state index contributed by atoms with van der Waals surface area (Å²) in [5.74, 6) is 0.792. The molecule has 4 heteroatoms. The smallest absolute Gasteiger partial charge is 0.138 e. The lowest BCUT2D eigenvalue weighted by Crippen LogP contribution is -2.38. The van der Waals surface area contributed by atoms with Crippen LogP contribution in [0.2, 0.25) is 5.02 Å². The van der Waals surface area contributed by atoms with Gasteiger partial charge in [0.25, 0.3) is 0 Å². The molecule has 2 N–H and O–H groups in total. The Morgan fingerprint density at radius 2 is 2.31 bits per heavy atom. The molecule has 1 aliphatic rings. The standard InChI is InChI=1S/C12H16ClNO2/c13-11-7-10(15)4-5-12(11)16-8-9-3-1-2-6-14-9/h4-5,7,9,14-15H,1-3,6,8H2. The molecule has 0 saturated carbocycles. The van der Waals surface area contributed by atoms with Crippen molar-refractivity contribution in [2.24, 2.45) is 0 Å². The third-order valence-electron chi connectivity index (χ3n) is 2.77. The highest BCUT2D eigenvalue weighted by Crippen LogP contribution is 2.28. The average molecular weight is 242 g/mol. The second-order valence-electron chi connectivity index (χ2n) is 4.07. The van der Waals surface area contributed by atoms with Gasteiger partial charge in [0, 0.05) is 12.1 Å². The number of hydrogen-bond donors (Lipinski definition) is 2. The third-order valence-corrected chi connectivity index (χ3v) is 3.06. The second-order valence-corrected chi connectivity index (χ2v) is 4.48. The SMILES string of the molecule is Oc1ccc(OCC2CCCCN2)c(Cl)c1. The van der Waals surface area contributed by atoms with Crippen molar-refractivity contribution in [3.8, 4) is 11.5 Å². The van der Waals surface area contributed by atoms with Crippen LogP contribution in [0.25, 0.3) is 0 Å². The highest BCUT2D eigenvalue weighted by Gasteiger charge is 2.13. The maximum absolute atomic E-state index is 9.20. The van der Waals surface area contributed by atoms with Gasteiger partial charge in [-0.15, -0.1) is 0 Å². The van der Waals surface area contributed by atoms with Crippen LogP contribution in [0.15, 0.2) is 18.2 Å². The van der Waals surface area contributed by atoms with Gasteiger partial charge in [-0.2, -0.15) is 0 Å². The van der Waals surface area contributed by atoms with Gasteiger partial charge in [0.05, 0.1) is 5.02 Å². The van der Waals surface area contributed by atoms with E-state index in [0.717, 1.165) is 13.0 Å². The monoisotopic (exact) mass is 241 g/mol. The summed E-state index contributed by atoms with van der Waals surface area (Å²) in [5.41, 5.74) is 0. The Kier molecular flexibility index (Phi) is 3.91. The average Bonchev–Trinajstić information content (AvgIpc) is 2.29. The first-order chi connectivity index (χ1) is 7.75. The number of piperidine rings is 1. The Morgan fingerprint density at radius 1 is 1.44 bits per heavy atom. The fourth-order valence-electron chi connectivity index (χ4n) is 1.86. The molecule has 1 atom stereocenters. The van der Waals surface area contributed by atoms with Crippen LogP contribution in [0.4, 0.5) is 0 Å². The van der Waals surface area contributed by atoms with Gasteiger partial charge in [-0.25, -0.2) is 0 Å². The molecule has 0 bridgehead atoms. The van der Waals surface area contributed by atoms with Crippen LogP contribution in [0, 0.1) is 0 Å². The van der Waals surface area contributed by atoms with Crippen molar-refractivity contribution in [3.05, 3.63) is 23.2 Å². The Hall–Kier alpha value is -0.930. The Morgan fingerprint density at radius 3 is 3.00 bits per heavy atom. The lowest BCUT2D eigenvalue weighted by atomic mass is 10.1. The van der Waals surface area contributed by atoms with Crippen molar-refractivity contribution in [2.45, 2.75) is 25.3 Å². The first-order valence-electron chi connectivity index (χ1n) is 5.60. The number of ether oxygens (including phenoxy) is 1. The van der Waals surface area contributed by atoms with E-state index in [2.05, 4.69) is 5.32 Å². The lowest BCUT2D eigenvalue weighted by Gasteiger charge is -2.23. The van der Waals surface area contributed by atoms with Crippen molar-refractivity contribution in [2.75, 3.05) is 13.2 Å². The minimum atomic E-state index is 0.160. The summed E-state index contributed by atoms with van der Waals surface area (Å²) < 4.78 is 5.63. The van der Waals surface area contributed by atoms with E-state index in [4.69, 9.17) is 16.3 Å². The van der Waals surface area contributed by atoms with Gasteiger partial charge in [0.1, 0.15) is 18.1 Å². The molecule has 1 aliphatic heterocycles. The van der Waals surface area contributed by atoms with E-state index in [1.165, 1.54) is 18.9 Å². The number of halogens is 1. The molecule has 1 fully saturated rings. The highest BCUT2D eigenvalue weighted by molar-refractivity contribution is 6.32. The molecule has 1 aromatic carbocycles. The molecular weight excluding hydrogens is 226 g/mol. The van der Waals surface area contributed by atoms with Gasteiger partial charge in [-0.1, -0.05) is 18.0 Å². The molecule has 1 saturated heterocycles. The summed E-state index contributed by atoms with van der Waals surface area (Å²) in [6.07, 6.45) is 3.65. The quantitative estimate of drug-likeness (QED) is 0.855. The maximum atomic E-state index is 9.20. The number of benzene rings is 1. The summed E-state index contributed by atoms with van der Waals surface area (Å²) >= 11 is 5.94. The maximum Gasteiger partial charge on any atom is 0.138 e. The van der Waals surface area contributed by atoms with Crippen molar-refractivity contribution < 1.29 is 9.84 Å². The van der Waals surface area contributed by atoms with E-state index in [1.54, 1.807) is 12.1 Å². The van der Waals surface area contributed by atoms with Gasteiger partial charge >= 0.3 is 0 Å². The van der Waals surface area contributed by atoms with E-state index in [9.17, 15) is 5.11 Å². The number of aromatic hydroxyl groups is 1. The van der Waals surface area contributed by atoms with Gasteiger partial charge in [0.2, 0.25) is 0 Å². The van der Waals surface area contributed by atoms with E-state index < -0.39 is 0 Å². The molecule has 88 valence electrons. The van der Waals surface area contributed by atoms with Crippen LogP contribution in [-0.2, 0) is 0 Å². The molecule has 1 heterocycles. The van der Waals surface area contributed by atoms with Crippen molar-refractivity contribution in [1.29, 1.82) is 0 Å². The van der Waals surface area contributed by atoms with E-state index >= 15 is 0 Å². The number of hydrogen-bond acceptors (Lipinski definition) is 3. The molecule has 2 rings (SSSR count). The normalized spacial score (nSPS) is 20.7. The molecule has 1 aromatic rings. The minimum absolute atomic E-state index is 0.160. The molecule has 0 amide bonds. The summed E-state index contributed by atoms with van der Waals surface area (Å²) in [6.45, 7) is 1.70. The molecule has 0 spiro atoms. The molecular formula is C12H16ClNO2. The van der Waals surface area contributed by atoms with E-state index in [1.807, 2.05) is 0 Å². The number of rotatable bonds is 3. The van der Waals surface area contributed by atoms with Gasteiger partial charge < -0.3 is 15.2 Å². The predicted molar refractivity (Wildman–Crippen MR) is 64.3 cm³/mol. The molecule has 0 radical (unpaired) electrons. The zero-order chi connectivity index (χ0) is 11.4. The Bertz CT molecular complexity index is 351. The lowest BCUT2D eigenvalue weighted by molar-refractivity contribution is 0.239. The van der Waals surface area contributed by atoms with Crippen LogP contribution >= 0.6 is 11.6 Å². The fourth-order valence-corrected chi connectivity index (χ4v) is 2.09. The summed E-state index contributed by atoms with van der Waals surface area (Å²) in [5, 5.41) is 13.1. The largest absolute Gasteiger partial charge is 0.508 e. The zero-order valence-corrected chi connectivity index (χ0v) is 9.83. The summed E-state index contributed by atoms with van der Waals surface area (Å²) in [7, 11) is 0. The topological polar surface area (TPSA) is 41.5 Å². The van der Waals surface area contributed by atoms with E-state index in [0.29, 0.717) is 23.4 Å². The molecule has 1 unspecified atom stereocenters. The number of phenolic OH excluding ortho intramolecular Hbond substituents is 1. The molecule has 3 nitrogen and oxygen atoms in total. The van der Waals surface area contributed by atoms with Gasteiger partial charge in [0.15, 0.2) is 0 Å². The third kappa shape index (κ3) is 3.03. The second kappa shape index (κ2) is 5.41. The van der Waals surface area contributed by atoms with E-state index in [-0.39, 0.29) is 5.75 Å².